The predicted octanol–water partition coefficient (Wildman–Crippen LogP) is 4.59. The van der Waals surface area contributed by atoms with E-state index in [0.717, 1.165) is 86.4 Å². The first kappa shape index (κ1) is 23.3. The van der Waals surface area contributed by atoms with Crippen molar-refractivity contribution in [1.82, 2.24) is 14.8 Å². The Bertz CT molecular complexity index is 962. The molecule has 2 saturated heterocycles. The molecular weight excluding hydrogens is 500 g/mol. The fourth-order valence-electron chi connectivity index (χ4n) is 5.83. The van der Waals surface area contributed by atoms with E-state index in [2.05, 4.69) is 43.9 Å². The van der Waals surface area contributed by atoms with Gasteiger partial charge in [0.2, 0.25) is 5.91 Å². The summed E-state index contributed by atoms with van der Waals surface area (Å²) in [6.07, 6.45) is 7.72. The number of aryl methyl sites for hydroxylation is 2. The van der Waals surface area contributed by atoms with Crippen LogP contribution in [0, 0.1) is 11.8 Å². The Morgan fingerprint density at radius 1 is 1.06 bits per heavy atom. The number of hydrogen-bond acceptors (Lipinski definition) is 4. The molecule has 3 heterocycles. The lowest BCUT2D eigenvalue weighted by Gasteiger charge is -2.40. The Hall–Kier alpha value is -1.47. The van der Waals surface area contributed by atoms with Gasteiger partial charge in [-0.1, -0.05) is 17.7 Å². The van der Waals surface area contributed by atoms with Crippen LogP contribution in [0.3, 0.4) is 0 Å². The maximum absolute atomic E-state index is 13.2. The number of pyridine rings is 1. The lowest BCUT2D eigenvalue weighted by atomic mass is 9.89. The number of hydrogen-bond donors (Lipinski definition) is 1. The minimum absolute atomic E-state index is 0.110. The molecule has 33 heavy (non-hydrogen) atoms. The molecule has 176 valence electrons. The second kappa shape index (κ2) is 10.0. The van der Waals surface area contributed by atoms with Crippen LogP contribution in [-0.2, 0) is 17.6 Å². The lowest BCUT2D eigenvalue weighted by molar-refractivity contribution is -0.138. The van der Waals surface area contributed by atoms with Gasteiger partial charge in [-0.15, -0.1) is 0 Å². The predicted molar refractivity (Wildman–Crippen MR) is 135 cm³/mol. The van der Waals surface area contributed by atoms with Gasteiger partial charge in [-0.2, -0.15) is 0 Å². The van der Waals surface area contributed by atoms with Crippen LogP contribution >= 0.6 is 27.5 Å². The van der Waals surface area contributed by atoms with E-state index in [1.54, 1.807) is 0 Å². The Kier molecular flexibility index (Phi) is 7.07. The molecule has 0 spiro atoms. The molecule has 0 saturated carbocycles. The molecule has 7 heteroatoms. The van der Waals surface area contributed by atoms with Gasteiger partial charge in [0.25, 0.3) is 0 Å². The molecule has 1 aromatic carbocycles. The van der Waals surface area contributed by atoms with Crippen molar-refractivity contribution in [2.45, 2.75) is 44.6 Å². The third-order valence-electron chi connectivity index (χ3n) is 7.79. The van der Waals surface area contributed by atoms with Gasteiger partial charge < -0.3 is 10.6 Å². The average Bonchev–Trinajstić information content (AvgIpc) is 3.00. The number of piperidine rings is 2. The first-order chi connectivity index (χ1) is 16.0. The lowest BCUT2D eigenvalue weighted by Crippen LogP contribution is -2.46. The van der Waals surface area contributed by atoms with Crippen molar-refractivity contribution in [1.29, 1.82) is 0 Å². The minimum Gasteiger partial charge on any atom is -0.342 e. The van der Waals surface area contributed by atoms with E-state index in [0.29, 0.717) is 11.8 Å². The molecule has 1 unspecified atom stereocenters. The molecule has 1 aliphatic carbocycles. The van der Waals surface area contributed by atoms with Crippen molar-refractivity contribution in [2.24, 2.45) is 17.6 Å². The number of benzene rings is 1. The highest BCUT2D eigenvalue weighted by atomic mass is 79.9. The molecule has 3 aliphatic rings. The topological polar surface area (TPSA) is 62.5 Å². The zero-order valence-electron chi connectivity index (χ0n) is 19.0. The quantitative estimate of drug-likeness (QED) is 0.629. The maximum Gasteiger partial charge on any atom is 0.225 e. The third-order valence-corrected chi connectivity index (χ3v) is 8.46. The summed E-state index contributed by atoms with van der Waals surface area (Å²) < 4.78 is 1.02. The second-order valence-corrected chi connectivity index (χ2v) is 11.1. The highest BCUT2D eigenvalue weighted by Crippen LogP contribution is 2.39. The van der Waals surface area contributed by atoms with Crippen LogP contribution in [0.2, 0.25) is 5.02 Å². The first-order valence-electron chi connectivity index (χ1n) is 12.2. The van der Waals surface area contributed by atoms with Crippen molar-refractivity contribution in [3.8, 4) is 0 Å². The normalized spacial score (nSPS) is 22.5. The molecular formula is C26H32BrClN4O. The van der Waals surface area contributed by atoms with Crippen LogP contribution in [0.1, 0.15) is 54.1 Å². The minimum atomic E-state index is 0.110. The Morgan fingerprint density at radius 3 is 2.52 bits per heavy atom. The molecule has 2 aliphatic heterocycles. The molecule has 1 aromatic heterocycles. The number of carbonyl (C=O) groups excluding carboxylic acids is 1. The van der Waals surface area contributed by atoms with E-state index < -0.39 is 0 Å². The standard InChI is InChI=1S/C26H32BrClN4O/c27-21-13-20-2-1-19-14-22(28)3-4-23(19)25(24(20)30-16-21)31-11-7-18(8-12-31)26(33)32-9-5-17(15-29)6-10-32/h3-4,13-14,16-18,25H,1-2,5-12,15,29H2. The number of fused-ring (bicyclic) bond motifs is 2. The van der Waals surface area contributed by atoms with Crippen molar-refractivity contribution in [2.75, 3.05) is 32.7 Å². The zero-order chi connectivity index (χ0) is 22.9. The van der Waals surface area contributed by atoms with Crippen LogP contribution in [0.15, 0.2) is 34.9 Å². The van der Waals surface area contributed by atoms with Gasteiger partial charge >= 0.3 is 0 Å². The average molecular weight is 532 g/mol. The fraction of sp³-hybridized carbons (Fsp3) is 0.538. The fourth-order valence-corrected chi connectivity index (χ4v) is 6.41. The third kappa shape index (κ3) is 4.86. The van der Waals surface area contributed by atoms with Crippen molar-refractivity contribution in [3.05, 3.63) is 62.3 Å². The van der Waals surface area contributed by atoms with Gasteiger partial charge in [0.15, 0.2) is 0 Å². The summed E-state index contributed by atoms with van der Waals surface area (Å²) in [6.45, 7) is 4.27. The van der Waals surface area contributed by atoms with Crippen molar-refractivity contribution < 1.29 is 4.79 Å². The molecule has 1 atom stereocenters. The highest BCUT2D eigenvalue weighted by molar-refractivity contribution is 9.10. The van der Waals surface area contributed by atoms with Crippen molar-refractivity contribution in [3.63, 3.8) is 0 Å². The number of carbonyl (C=O) groups is 1. The largest absolute Gasteiger partial charge is 0.342 e. The summed E-state index contributed by atoms with van der Waals surface area (Å²) >= 11 is 9.96. The zero-order valence-corrected chi connectivity index (χ0v) is 21.3. The van der Waals surface area contributed by atoms with Crippen LogP contribution < -0.4 is 5.73 Å². The molecule has 5 nitrogen and oxygen atoms in total. The number of nitrogens with zero attached hydrogens (tertiary/aromatic N) is 3. The van der Waals surface area contributed by atoms with E-state index in [1.165, 1.54) is 16.7 Å². The summed E-state index contributed by atoms with van der Waals surface area (Å²) in [5.74, 6) is 1.05. The Morgan fingerprint density at radius 2 is 1.79 bits per heavy atom. The summed E-state index contributed by atoms with van der Waals surface area (Å²) in [5.41, 5.74) is 10.9. The highest BCUT2D eigenvalue weighted by Gasteiger charge is 2.36. The summed E-state index contributed by atoms with van der Waals surface area (Å²) in [7, 11) is 0. The number of amides is 1. The number of likely N-dealkylation sites (tertiary alicyclic amines) is 2. The van der Waals surface area contributed by atoms with E-state index in [9.17, 15) is 4.79 Å². The molecule has 0 radical (unpaired) electrons. The van der Waals surface area contributed by atoms with E-state index in [1.807, 2.05) is 12.3 Å². The second-order valence-electron chi connectivity index (χ2n) is 9.76. The summed E-state index contributed by atoms with van der Waals surface area (Å²) in [5, 5.41) is 0.787. The number of aromatic nitrogens is 1. The van der Waals surface area contributed by atoms with E-state index in [4.69, 9.17) is 22.3 Å². The Labute approximate surface area is 209 Å². The van der Waals surface area contributed by atoms with Crippen LogP contribution in [0.5, 0.6) is 0 Å². The van der Waals surface area contributed by atoms with Gasteiger partial charge in [0.05, 0.1) is 11.7 Å². The van der Waals surface area contributed by atoms with Gasteiger partial charge in [0.1, 0.15) is 0 Å². The maximum atomic E-state index is 13.2. The monoisotopic (exact) mass is 530 g/mol. The van der Waals surface area contributed by atoms with Gasteiger partial charge in [-0.25, -0.2) is 0 Å². The smallest absolute Gasteiger partial charge is 0.225 e. The van der Waals surface area contributed by atoms with Gasteiger partial charge in [0, 0.05) is 34.7 Å². The molecule has 2 fully saturated rings. The van der Waals surface area contributed by atoms with Crippen molar-refractivity contribution >= 4 is 33.4 Å². The number of halogens is 2. The molecule has 0 bridgehead atoms. The van der Waals surface area contributed by atoms with E-state index >= 15 is 0 Å². The number of rotatable bonds is 3. The number of nitrogens with two attached hydrogens (primary N) is 1. The van der Waals surface area contributed by atoms with Crippen LogP contribution in [-0.4, -0.2) is 53.4 Å². The Balaban J connectivity index is 1.34. The van der Waals surface area contributed by atoms with Gasteiger partial charge in [-0.05, 0) is 115 Å². The first-order valence-corrected chi connectivity index (χ1v) is 13.4. The molecule has 1 amide bonds. The SMILES string of the molecule is NCC1CCN(C(=O)C2CCN(C3c4ccc(Cl)cc4CCc4cc(Br)cnc43)CC2)CC1. The molecule has 2 N–H and O–H groups in total. The molecule has 2 aromatic rings. The van der Waals surface area contributed by atoms with Gasteiger partial charge in [-0.3, -0.25) is 14.7 Å². The van der Waals surface area contributed by atoms with Crippen LogP contribution in [0.4, 0.5) is 0 Å². The summed E-state index contributed by atoms with van der Waals surface area (Å²) in [6, 6.07) is 8.62. The van der Waals surface area contributed by atoms with Crippen LogP contribution in [0.25, 0.3) is 0 Å². The summed E-state index contributed by atoms with van der Waals surface area (Å²) in [4.78, 5) is 22.7. The van der Waals surface area contributed by atoms with E-state index in [-0.39, 0.29) is 12.0 Å². The molecule has 5 rings (SSSR count).